The summed E-state index contributed by atoms with van der Waals surface area (Å²) < 4.78 is 39.1. The van der Waals surface area contributed by atoms with E-state index >= 15 is 0 Å². The molecule has 142 valence electrons. The minimum atomic E-state index is -4.57. The number of aromatic nitrogens is 1. The van der Waals surface area contributed by atoms with Crippen molar-refractivity contribution in [3.63, 3.8) is 0 Å². The Bertz CT molecular complexity index is 759. The first-order chi connectivity index (χ1) is 12.2. The van der Waals surface area contributed by atoms with Crippen molar-refractivity contribution in [3.05, 3.63) is 51.0 Å². The topological polar surface area (TPSA) is 62.2 Å². The summed E-state index contributed by atoms with van der Waals surface area (Å²) in [4.78, 5) is 17.1. The molecule has 4 nitrogen and oxygen atoms in total. The van der Waals surface area contributed by atoms with Gasteiger partial charge in [-0.15, -0.1) is 11.3 Å². The number of alkyl halides is 3. The van der Waals surface area contributed by atoms with Crippen LogP contribution in [-0.4, -0.2) is 22.5 Å². The van der Waals surface area contributed by atoms with Gasteiger partial charge in [0.15, 0.2) is 0 Å². The molecule has 2 rings (SSSR count). The van der Waals surface area contributed by atoms with Gasteiger partial charge in [0.1, 0.15) is 4.88 Å². The van der Waals surface area contributed by atoms with E-state index in [1.165, 1.54) is 29.5 Å². The fourth-order valence-corrected chi connectivity index (χ4v) is 3.55. The van der Waals surface area contributed by atoms with Crippen LogP contribution in [0.4, 0.5) is 13.2 Å². The number of rotatable bonds is 7. The molecule has 1 aromatic carbocycles. The van der Waals surface area contributed by atoms with E-state index in [4.69, 9.17) is 0 Å². The summed E-state index contributed by atoms with van der Waals surface area (Å²) >= 11 is 1.28. The zero-order valence-corrected chi connectivity index (χ0v) is 15.4. The maximum atomic E-state index is 13.0. The molecule has 1 atom stereocenters. The summed E-state index contributed by atoms with van der Waals surface area (Å²) in [6.07, 6.45) is -3.24. The predicted octanol–water partition coefficient (Wildman–Crippen LogP) is 4.28. The minimum absolute atomic E-state index is 0.259. The molecular weight excluding hydrogens is 365 g/mol. The lowest BCUT2D eigenvalue weighted by molar-refractivity contribution is -0.139. The third-order valence-corrected chi connectivity index (χ3v) is 5.09. The molecule has 1 unspecified atom stereocenters. The summed E-state index contributed by atoms with van der Waals surface area (Å²) in [7, 11) is 0. The molecule has 2 N–H and O–H groups in total. The van der Waals surface area contributed by atoms with E-state index in [9.17, 15) is 23.1 Å². The molecule has 1 aromatic heterocycles. The van der Waals surface area contributed by atoms with Crippen molar-refractivity contribution in [2.24, 2.45) is 0 Å². The molecule has 0 aliphatic heterocycles. The molecule has 0 saturated carbocycles. The molecule has 0 aliphatic carbocycles. The second kappa shape index (κ2) is 8.64. The van der Waals surface area contributed by atoms with E-state index in [1.807, 2.05) is 0 Å². The van der Waals surface area contributed by atoms with Crippen LogP contribution in [0.1, 0.15) is 57.4 Å². The Morgan fingerprint density at radius 2 is 2.04 bits per heavy atom. The smallest absolute Gasteiger partial charge is 0.387 e. The van der Waals surface area contributed by atoms with E-state index in [1.54, 1.807) is 6.92 Å². The van der Waals surface area contributed by atoms with Gasteiger partial charge in [0, 0.05) is 6.54 Å². The first-order valence-electron chi connectivity index (χ1n) is 8.32. The van der Waals surface area contributed by atoms with Crippen LogP contribution in [0, 0.1) is 6.92 Å². The number of unbranched alkanes of at least 4 members (excludes halogenated alkanes) is 1. The summed E-state index contributed by atoms with van der Waals surface area (Å²) in [6.45, 7) is 3.47. The highest BCUT2D eigenvalue weighted by Crippen LogP contribution is 2.34. The van der Waals surface area contributed by atoms with Gasteiger partial charge in [0.25, 0.3) is 5.91 Å². The number of carbonyl (C=O) groups is 1. The average Bonchev–Trinajstić information content (AvgIpc) is 2.97. The number of aliphatic hydroxyl groups excluding tert-OH is 1. The van der Waals surface area contributed by atoms with Crippen molar-refractivity contribution in [3.8, 4) is 0 Å². The lowest BCUT2D eigenvalue weighted by Crippen LogP contribution is -2.29. The normalized spacial score (nSPS) is 12.8. The molecule has 2 aromatic rings. The van der Waals surface area contributed by atoms with Gasteiger partial charge in [0.05, 0.1) is 22.4 Å². The fourth-order valence-electron chi connectivity index (χ4n) is 2.52. The molecule has 26 heavy (non-hydrogen) atoms. The Morgan fingerprint density at radius 1 is 1.35 bits per heavy atom. The molecule has 0 saturated heterocycles. The van der Waals surface area contributed by atoms with E-state index in [-0.39, 0.29) is 12.1 Å². The number of nitrogens with zero attached hydrogens (tertiary/aromatic N) is 1. The zero-order valence-electron chi connectivity index (χ0n) is 14.6. The minimum Gasteiger partial charge on any atom is -0.387 e. The number of amides is 1. The number of hydrogen-bond donors (Lipinski definition) is 2. The molecule has 0 bridgehead atoms. The maximum Gasteiger partial charge on any atom is 0.416 e. The van der Waals surface area contributed by atoms with E-state index in [0.29, 0.717) is 10.6 Å². The number of halogens is 3. The SMILES string of the molecule is CCCCc1nc(C)c(C(=O)NCC(O)c2ccccc2C(F)(F)F)s1. The molecule has 1 heterocycles. The quantitative estimate of drug-likeness (QED) is 0.747. The van der Waals surface area contributed by atoms with Crippen LogP contribution in [0.25, 0.3) is 0 Å². The van der Waals surface area contributed by atoms with Crippen molar-refractivity contribution in [1.29, 1.82) is 0 Å². The molecule has 1 amide bonds. The van der Waals surface area contributed by atoms with Crippen LogP contribution in [0.2, 0.25) is 0 Å². The van der Waals surface area contributed by atoms with Crippen molar-refractivity contribution in [2.75, 3.05) is 6.54 Å². The Kier molecular flexibility index (Phi) is 6.77. The van der Waals surface area contributed by atoms with Gasteiger partial charge in [-0.25, -0.2) is 4.98 Å². The van der Waals surface area contributed by atoms with Gasteiger partial charge >= 0.3 is 6.18 Å². The number of hydrogen-bond acceptors (Lipinski definition) is 4. The van der Waals surface area contributed by atoms with Gasteiger partial charge in [0.2, 0.25) is 0 Å². The second-order valence-corrected chi connectivity index (χ2v) is 7.02. The maximum absolute atomic E-state index is 13.0. The van der Waals surface area contributed by atoms with Crippen molar-refractivity contribution < 1.29 is 23.1 Å². The number of carbonyl (C=O) groups excluding carboxylic acids is 1. The highest BCUT2D eigenvalue weighted by molar-refractivity contribution is 7.13. The number of nitrogens with one attached hydrogen (secondary N) is 1. The van der Waals surface area contributed by atoms with Crippen LogP contribution >= 0.6 is 11.3 Å². The highest BCUT2D eigenvalue weighted by Gasteiger charge is 2.34. The van der Waals surface area contributed by atoms with Crippen molar-refractivity contribution in [1.82, 2.24) is 10.3 Å². The van der Waals surface area contributed by atoms with Gasteiger partial charge in [-0.3, -0.25) is 4.79 Å². The Labute approximate surface area is 154 Å². The average molecular weight is 386 g/mol. The number of aryl methyl sites for hydroxylation is 2. The monoisotopic (exact) mass is 386 g/mol. The standard InChI is InChI=1S/C18H21F3N2O2S/c1-3-4-9-15-23-11(2)16(26-15)17(25)22-10-14(24)12-7-5-6-8-13(12)18(19,20)21/h5-8,14,24H,3-4,9-10H2,1-2H3,(H,22,25). The molecule has 0 radical (unpaired) electrons. The van der Waals surface area contributed by atoms with Crippen LogP contribution in [0.15, 0.2) is 24.3 Å². The highest BCUT2D eigenvalue weighted by atomic mass is 32.1. The van der Waals surface area contributed by atoms with Gasteiger partial charge in [-0.05, 0) is 31.4 Å². The predicted molar refractivity (Wildman–Crippen MR) is 94.2 cm³/mol. The summed E-state index contributed by atoms with van der Waals surface area (Å²) in [5, 5.41) is 13.5. The molecule has 0 aliphatic rings. The second-order valence-electron chi connectivity index (χ2n) is 5.94. The van der Waals surface area contributed by atoms with Crippen molar-refractivity contribution >= 4 is 17.2 Å². The Morgan fingerprint density at radius 3 is 2.69 bits per heavy atom. The lowest BCUT2D eigenvalue weighted by atomic mass is 10.0. The molecule has 0 fully saturated rings. The van der Waals surface area contributed by atoms with E-state index in [0.717, 1.165) is 30.3 Å². The number of benzene rings is 1. The first-order valence-corrected chi connectivity index (χ1v) is 9.14. The first kappa shape index (κ1) is 20.4. The third-order valence-electron chi connectivity index (χ3n) is 3.87. The Balaban J connectivity index is 2.05. The van der Waals surface area contributed by atoms with Crippen LogP contribution < -0.4 is 5.32 Å². The number of aliphatic hydroxyl groups is 1. The van der Waals surface area contributed by atoms with E-state index in [2.05, 4.69) is 17.2 Å². The third kappa shape index (κ3) is 5.04. The van der Waals surface area contributed by atoms with Gasteiger partial charge in [-0.2, -0.15) is 13.2 Å². The van der Waals surface area contributed by atoms with Gasteiger partial charge < -0.3 is 10.4 Å². The van der Waals surface area contributed by atoms with Crippen LogP contribution in [-0.2, 0) is 12.6 Å². The summed E-state index contributed by atoms with van der Waals surface area (Å²) in [6, 6.07) is 4.80. The van der Waals surface area contributed by atoms with Crippen molar-refractivity contribution in [2.45, 2.75) is 45.4 Å². The summed E-state index contributed by atoms with van der Waals surface area (Å²) in [5.41, 5.74) is -0.577. The lowest BCUT2D eigenvalue weighted by Gasteiger charge is -2.17. The molecule has 8 heteroatoms. The van der Waals surface area contributed by atoms with E-state index < -0.39 is 23.8 Å². The van der Waals surface area contributed by atoms with Crippen LogP contribution in [0.5, 0.6) is 0 Å². The van der Waals surface area contributed by atoms with Crippen LogP contribution in [0.3, 0.4) is 0 Å². The molecule has 0 spiro atoms. The summed E-state index contributed by atoms with van der Waals surface area (Å²) in [5.74, 6) is -0.439. The van der Waals surface area contributed by atoms with Gasteiger partial charge in [-0.1, -0.05) is 31.5 Å². The zero-order chi connectivity index (χ0) is 19.3. The Hall–Kier alpha value is -1.93. The fraction of sp³-hybridized carbons (Fsp3) is 0.444. The largest absolute Gasteiger partial charge is 0.416 e. The number of thiazole rings is 1. The molecular formula is C18H21F3N2O2S.